The SMILES string of the molecule is Cc1ccc(C)c2c1CCC(C)(C)CC2O. The number of benzene rings is 1. The van der Waals surface area contributed by atoms with Crippen molar-refractivity contribution in [2.75, 3.05) is 0 Å². The summed E-state index contributed by atoms with van der Waals surface area (Å²) < 4.78 is 0. The number of aliphatic hydroxyl groups is 1. The van der Waals surface area contributed by atoms with Crippen molar-refractivity contribution in [1.82, 2.24) is 0 Å². The molecule has 0 saturated heterocycles. The summed E-state index contributed by atoms with van der Waals surface area (Å²) in [6.07, 6.45) is 2.87. The molecule has 0 bridgehead atoms. The molecule has 1 N–H and O–H groups in total. The topological polar surface area (TPSA) is 20.2 Å². The van der Waals surface area contributed by atoms with Crippen molar-refractivity contribution in [2.45, 2.75) is 53.1 Å². The first-order valence-electron chi connectivity index (χ1n) is 6.18. The molecule has 16 heavy (non-hydrogen) atoms. The fraction of sp³-hybridized carbons (Fsp3) is 0.600. The summed E-state index contributed by atoms with van der Waals surface area (Å²) in [5, 5.41) is 10.4. The highest BCUT2D eigenvalue weighted by atomic mass is 16.3. The standard InChI is InChI=1S/C15H22O/c1-10-5-6-11(2)14-12(10)7-8-15(3,4)9-13(14)16/h5-6,13,16H,7-9H2,1-4H3. The number of aryl methyl sites for hydroxylation is 2. The van der Waals surface area contributed by atoms with Gasteiger partial charge in [-0.15, -0.1) is 0 Å². The number of hydrogen-bond donors (Lipinski definition) is 1. The normalized spacial score (nSPS) is 23.7. The van der Waals surface area contributed by atoms with Crippen LogP contribution >= 0.6 is 0 Å². The Bertz CT molecular complexity index is 404. The van der Waals surface area contributed by atoms with Gasteiger partial charge in [-0.2, -0.15) is 0 Å². The van der Waals surface area contributed by atoms with E-state index in [0.717, 1.165) is 12.8 Å². The fourth-order valence-corrected chi connectivity index (χ4v) is 2.88. The van der Waals surface area contributed by atoms with E-state index in [1.807, 2.05) is 0 Å². The Morgan fingerprint density at radius 2 is 1.81 bits per heavy atom. The fourth-order valence-electron chi connectivity index (χ4n) is 2.88. The van der Waals surface area contributed by atoms with Gasteiger partial charge in [-0.05, 0) is 60.8 Å². The largest absolute Gasteiger partial charge is 0.388 e. The van der Waals surface area contributed by atoms with Crippen molar-refractivity contribution in [2.24, 2.45) is 5.41 Å². The number of rotatable bonds is 0. The lowest BCUT2D eigenvalue weighted by Crippen LogP contribution is -2.13. The minimum absolute atomic E-state index is 0.247. The number of aliphatic hydroxyl groups excluding tert-OH is 1. The van der Waals surface area contributed by atoms with Crippen molar-refractivity contribution in [3.05, 3.63) is 34.4 Å². The van der Waals surface area contributed by atoms with E-state index in [9.17, 15) is 5.11 Å². The quantitative estimate of drug-likeness (QED) is 0.658. The molecule has 2 rings (SSSR count). The Labute approximate surface area is 98.5 Å². The highest BCUT2D eigenvalue weighted by Crippen LogP contribution is 2.41. The van der Waals surface area contributed by atoms with Gasteiger partial charge < -0.3 is 5.11 Å². The van der Waals surface area contributed by atoms with Crippen LogP contribution in [0.4, 0.5) is 0 Å². The van der Waals surface area contributed by atoms with Gasteiger partial charge in [0.2, 0.25) is 0 Å². The lowest BCUT2D eigenvalue weighted by atomic mass is 9.83. The van der Waals surface area contributed by atoms with E-state index < -0.39 is 0 Å². The molecule has 1 atom stereocenters. The predicted octanol–water partition coefficient (Wildman–Crippen LogP) is 3.70. The van der Waals surface area contributed by atoms with Crippen LogP contribution in [0.2, 0.25) is 0 Å². The number of hydrogen-bond acceptors (Lipinski definition) is 1. The van der Waals surface area contributed by atoms with E-state index in [2.05, 4.69) is 39.8 Å². The van der Waals surface area contributed by atoms with Crippen LogP contribution in [-0.4, -0.2) is 5.11 Å². The van der Waals surface area contributed by atoms with Gasteiger partial charge in [-0.1, -0.05) is 26.0 Å². The third-order valence-electron chi connectivity index (χ3n) is 3.94. The molecule has 1 aliphatic carbocycles. The van der Waals surface area contributed by atoms with Crippen molar-refractivity contribution in [1.29, 1.82) is 0 Å². The van der Waals surface area contributed by atoms with E-state index in [1.165, 1.54) is 28.7 Å². The molecule has 1 aromatic rings. The second-order valence-electron chi connectivity index (χ2n) is 5.98. The molecule has 1 aliphatic rings. The summed E-state index contributed by atoms with van der Waals surface area (Å²) in [5.41, 5.74) is 5.41. The monoisotopic (exact) mass is 218 g/mol. The maximum atomic E-state index is 10.4. The van der Waals surface area contributed by atoms with Gasteiger partial charge >= 0.3 is 0 Å². The first-order chi connectivity index (χ1) is 7.41. The predicted molar refractivity (Wildman–Crippen MR) is 67.6 cm³/mol. The maximum Gasteiger partial charge on any atom is 0.0800 e. The van der Waals surface area contributed by atoms with Gasteiger partial charge in [0.05, 0.1) is 6.10 Å². The summed E-state index contributed by atoms with van der Waals surface area (Å²) in [6.45, 7) is 8.78. The molecule has 1 aromatic carbocycles. The average Bonchev–Trinajstić information content (AvgIpc) is 2.29. The zero-order chi connectivity index (χ0) is 11.9. The molecule has 0 heterocycles. The second kappa shape index (κ2) is 3.89. The Morgan fingerprint density at radius 1 is 1.19 bits per heavy atom. The van der Waals surface area contributed by atoms with Crippen molar-refractivity contribution in [3.63, 3.8) is 0 Å². The van der Waals surface area contributed by atoms with Crippen LogP contribution in [-0.2, 0) is 6.42 Å². The summed E-state index contributed by atoms with van der Waals surface area (Å²) in [7, 11) is 0. The van der Waals surface area contributed by atoms with Gasteiger partial charge in [-0.3, -0.25) is 0 Å². The van der Waals surface area contributed by atoms with E-state index in [0.29, 0.717) is 0 Å². The van der Waals surface area contributed by atoms with Gasteiger partial charge in [0.1, 0.15) is 0 Å². The van der Waals surface area contributed by atoms with Crippen LogP contribution in [0.25, 0.3) is 0 Å². The third kappa shape index (κ3) is 2.01. The lowest BCUT2D eigenvalue weighted by molar-refractivity contribution is 0.116. The molecule has 0 amide bonds. The minimum atomic E-state index is -0.285. The van der Waals surface area contributed by atoms with Gasteiger partial charge in [0, 0.05) is 0 Å². The second-order valence-corrected chi connectivity index (χ2v) is 5.98. The summed E-state index contributed by atoms with van der Waals surface area (Å²) in [6, 6.07) is 4.31. The van der Waals surface area contributed by atoms with E-state index in [1.54, 1.807) is 0 Å². The van der Waals surface area contributed by atoms with E-state index >= 15 is 0 Å². The molecule has 0 aliphatic heterocycles. The minimum Gasteiger partial charge on any atom is -0.388 e. The van der Waals surface area contributed by atoms with Crippen LogP contribution in [0.15, 0.2) is 12.1 Å². The summed E-state index contributed by atoms with van der Waals surface area (Å²) in [4.78, 5) is 0. The van der Waals surface area contributed by atoms with Crippen LogP contribution < -0.4 is 0 Å². The van der Waals surface area contributed by atoms with Crippen LogP contribution in [0.3, 0.4) is 0 Å². The molecule has 1 unspecified atom stereocenters. The first kappa shape index (κ1) is 11.7. The molecular formula is C15H22O. The van der Waals surface area contributed by atoms with Gasteiger partial charge in [-0.25, -0.2) is 0 Å². The van der Waals surface area contributed by atoms with Crippen molar-refractivity contribution in [3.8, 4) is 0 Å². The van der Waals surface area contributed by atoms with Crippen molar-refractivity contribution < 1.29 is 5.11 Å². The molecule has 0 radical (unpaired) electrons. The molecular weight excluding hydrogens is 196 g/mol. The Morgan fingerprint density at radius 3 is 2.50 bits per heavy atom. The molecule has 1 nitrogen and oxygen atoms in total. The highest BCUT2D eigenvalue weighted by molar-refractivity contribution is 5.42. The summed E-state index contributed by atoms with van der Waals surface area (Å²) >= 11 is 0. The smallest absolute Gasteiger partial charge is 0.0800 e. The van der Waals surface area contributed by atoms with Gasteiger partial charge in [0.15, 0.2) is 0 Å². The lowest BCUT2D eigenvalue weighted by Gasteiger charge is -2.24. The Hall–Kier alpha value is -0.820. The first-order valence-corrected chi connectivity index (χ1v) is 6.18. The maximum absolute atomic E-state index is 10.4. The zero-order valence-corrected chi connectivity index (χ0v) is 10.8. The van der Waals surface area contributed by atoms with E-state index in [-0.39, 0.29) is 11.5 Å². The number of fused-ring (bicyclic) bond motifs is 1. The van der Waals surface area contributed by atoms with Crippen LogP contribution in [0, 0.1) is 19.3 Å². The molecule has 1 heteroatoms. The van der Waals surface area contributed by atoms with Crippen molar-refractivity contribution >= 4 is 0 Å². The molecule has 0 fully saturated rings. The molecule has 88 valence electrons. The molecule has 0 aromatic heterocycles. The third-order valence-corrected chi connectivity index (χ3v) is 3.94. The highest BCUT2D eigenvalue weighted by Gasteiger charge is 2.29. The van der Waals surface area contributed by atoms with E-state index in [4.69, 9.17) is 0 Å². The van der Waals surface area contributed by atoms with Gasteiger partial charge in [0.25, 0.3) is 0 Å². The zero-order valence-electron chi connectivity index (χ0n) is 10.8. The average molecular weight is 218 g/mol. The summed E-state index contributed by atoms with van der Waals surface area (Å²) in [5.74, 6) is 0. The van der Waals surface area contributed by atoms with Crippen LogP contribution in [0.1, 0.15) is 55.0 Å². The molecule has 0 spiro atoms. The van der Waals surface area contributed by atoms with Crippen LogP contribution in [0.5, 0.6) is 0 Å². The Balaban J connectivity index is 2.52. The Kier molecular flexibility index (Phi) is 2.83. The molecule has 0 saturated carbocycles.